The number of ether oxygens (including phenoxy) is 1. The van der Waals surface area contributed by atoms with Crippen LogP contribution in [0.4, 0.5) is 0 Å². The van der Waals surface area contributed by atoms with Crippen molar-refractivity contribution in [3.05, 3.63) is 29.8 Å². The number of nitrogens with two attached hydrogens (primary N) is 1. The number of nitrogens with zero attached hydrogens (tertiary/aromatic N) is 1. The molecule has 0 aliphatic rings. The molecule has 0 aliphatic carbocycles. The number of rotatable bonds is 9. The molecule has 0 aromatic heterocycles. The first-order valence-electron chi connectivity index (χ1n) is 7.34. The lowest BCUT2D eigenvalue weighted by Crippen LogP contribution is -2.37. The number of aryl methyl sites for hydroxylation is 1. The van der Waals surface area contributed by atoms with Gasteiger partial charge >= 0.3 is 0 Å². The molecule has 0 spiro atoms. The Labute approximate surface area is 132 Å². The third kappa shape index (κ3) is 6.58. The molecule has 1 aromatic rings. The first-order valence-corrected chi connectivity index (χ1v) is 7.75. The highest BCUT2D eigenvalue weighted by atomic mass is 32.1. The van der Waals surface area contributed by atoms with Gasteiger partial charge in [-0.15, -0.1) is 0 Å². The number of hydrogen-bond acceptors (Lipinski definition) is 3. The van der Waals surface area contributed by atoms with Crippen LogP contribution in [0.1, 0.15) is 32.3 Å². The summed E-state index contributed by atoms with van der Waals surface area (Å²) in [4.78, 5) is 14.3. The van der Waals surface area contributed by atoms with Crippen molar-refractivity contribution in [2.75, 3.05) is 19.7 Å². The second-order valence-electron chi connectivity index (χ2n) is 4.88. The maximum Gasteiger partial charge on any atom is 0.260 e. The first-order chi connectivity index (χ1) is 10.1. The van der Waals surface area contributed by atoms with Crippen molar-refractivity contribution in [3.8, 4) is 5.75 Å². The molecule has 1 rings (SSSR count). The van der Waals surface area contributed by atoms with Crippen molar-refractivity contribution in [3.63, 3.8) is 0 Å². The molecular weight excluding hydrogens is 284 g/mol. The second-order valence-corrected chi connectivity index (χ2v) is 5.41. The van der Waals surface area contributed by atoms with Crippen molar-refractivity contribution < 1.29 is 9.53 Å². The average Bonchev–Trinajstić information content (AvgIpc) is 2.49. The third-order valence-corrected chi connectivity index (χ3v) is 3.37. The summed E-state index contributed by atoms with van der Waals surface area (Å²) in [5.41, 5.74) is 6.74. The molecular formula is C16H24N2O2S. The van der Waals surface area contributed by atoms with E-state index in [1.54, 1.807) is 4.90 Å². The minimum absolute atomic E-state index is 0.0346. The van der Waals surface area contributed by atoms with Crippen molar-refractivity contribution in [1.82, 2.24) is 4.90 Å². The van der Waals surface area contributed by atoms with E-state index in [1.807, 2.05) is 31.2 Å². The molecule has 2 N–H and O–H groups in total. The lowest BCUT2D eigenvalue weighted by molar-refractivity contribution is -0.133. The van der Waals surface area contributed by atoms with Crippen LogP contribution in [-0.4, -0.2) is 35.5 Å². The van der Waals surface area contributed by atoms with Crippen molar-refractivity contribution >= 4 is 23.1 Å². The van der Waals surface area contributed by atoms with Crippen LogP contribution in [0, 0.1) is 0 Å². The van der Waals surface area contributed by atoms with E-state index in [4.69, 9.17) is 22.7 Å². The smallest absolute Gasteiger partial charge is 0.260 e. The van der Waals surface area contributed by atoms with Gasteiger partial charge in [-0.3, -0.25) is 4.79 Å². The fraction of sp³-hybridized carbons (Fsp3) is 0.500. The zero-order chi connectivity index (χ0) is 15.7. The van der Waals surface area contributed by atoms with Crippen LogP contribution in [0.2, 0.25) is 0 Å². The van der Waals surface area contributed by atoms with Crippen LogP contribution in [0.3, 0.4) is 0 Å². The Kier molecular flexibility index (Phi) is 7.75. The van der Waals surface area contributed by atoms with Gasteiger partial charge in [0.05, 0.1) is 4.99 Å². The SMILES string of the molecule is CCCN(CCC(N)=S)C(=O)COc1ccc(CC)cc1. The molecule has 0 saturated carbocycles. The average molecular weight is 308 g/mol. The van der Waals surface area contributed by atoms with E-state index in [0.717, 1.165) is 12.8 Å². The van der Waals surface area contributed by atoms with Gasteiger partial charge < -0.3 is 15.4 Å². The Morgan fingerprint density at radius 2 is 1.90 bits per heavy atom. The van der Waals surface area contributed by atoms with Gasteiger partial charge in [-0.2, -0.15) is 0 Å². The van der Waals surface area contributed by atoms with Crippen molar-refractivity contribution in [2.45, 2.75) is 33.1 Å². The zero-order valence-electron chi connectivity index (χ0n) is 12.8. The molecule has 0 atom stereocenters. The number of thiocarbonyl (C=S) groups is 1. The Bertz CT molecular complexity index is 460. The van der Waals surface area contributed by atoms with E-state index in [0.29, 0.717) is 30.2 Å². The van der Waals surface area contributed by atoms with Gasteiger partial charge in [-0.25, -0.2) is 0 Å². The monoisotopic (exact) mass is 308 g/mol. The minimum atomic E-state index is -0.0346. The van der Waals surface area contributed by atoms with E-state index in [-0.39, 0.29) is 12.5 Å². The molecule has 0 aliphatic heterocycles. The summed E-state index contributed by atoms with van der Waals surface area (Å²) in [5.74, 6) is 0.680. The Balaban J connectivity index is 2.49. The summed E-state index contributed by atoms with van der Waals surface area (Å²) in [6, 6.07) is 7.81. The largest absolute Gasteiger partial charge is 0.484 e. The topological polar surface area (TPSA) is 55.6 Å². The number of benzene rings is 1. The van der Waals surface area contributed by atoms with E-state index in [9.17, 15) is 4.79 Å². The number of carbonyl (C=O) groups is 1. The standard InChI is InChI=1S/C16H24N2O2S/c1-3-10-18(11-9-15(17)21)16(19)12-20-14-7-5-13(4-2)6-8-14/h5-8H,3-4,9-12H2,1-2H3,(H2,17,21). The molecule has 1 amide bonds. The second kappa shape index (κ2) is 9.34. The van der Waals surface area contributed by atoms with Gasteiger partial charge in [0.1, 0.15) is 5.75 Å². The Morgan fingerprint density at radius 1 is 1.24 bits per heavy atom. The summed E-state index contributed by atoms with van der Waals surface area (Å²) in [6.07, 6.45) is 2.43. The highest BCUT2D eigenvalue weighted by Gasteiger charge is 2.13. The zero-order valence-corrected chi connectivity index (χ0v) is 13.6. The summed E-state index contributed by atoms with van der Waals surface area (Å²) in [6.45, 7) is 5.43. The van der Waals surface area contributed by atoms with Crippen LogP contribution in [0.15, 0.2) is 24.3 Å². The maximum atomic E-state index is 12.2. The van der Waals surface area contributed by atoms with Crippen LogP contribution in [-0.2, 0) is 11.2 Å². The van der Waals surface area contributed by atoms with Crippen LogP contribution in [0.5, 0.6) is 5.75 Å². The minimum Gasteiger partial charge on any atom is -0.484 e. The lowest BCUT2D eigenvalue weighted by Gasteiger charge is -2.22. The van der Waals surface area contributed by atoms with E-state index in [2.05, 4.69) is 6.92 Å². The van der Waals surface area contributed by atoms with E-state index >= 15 is 0 Å². The summed E-state index contributed by atoms with van der Waals surface area (Å²) in [7, 11) is 0. The molecule has 0 bridgehead atoms. The highest BCUT2D eigenvalue weighted by molar-refractivity contribution is 7.80. The van der Waals surface area contributed by atoms with Gasteiger partial charge in [-0.05, 0) is 30.5 Å². The number of hydrogen-bond donors (Lipinski definition) is 1. The van der Waals surface area contributed by atoms with Gasteiger partial charge in [0.25, 0.3) is 5.91 Å². The molecule has 1 aromatic carbocycles. The third-order valence-electron chi connectivity index (χ3n) is 3.17. The molecule has 0 saturated heterocycles. The van der Waals surface area contributed by atoms with E-state index in [1.165, 1.54) is 5.56 Å². The highest BCUT2D eigenvalue weighted by Crippen LogP contribution is 2.12. The molecule has 0 radical (unpaired) electrons. The molecule has 0 heterocycles. The Hall–Kier alpha value is -1.62. The first kappa shape index (κ1) is 17.4. The van der Waals surface area contributed by atoms with Gasteiger partial charge in [0.2, 0.25) is 0 Å². The molecule has 116 valence electrons. The van der Waals surface area contributed by atoms with E-state index < -0.39 is 0 Å². The summed E-state index contributed by atoms with van der Waals surface area (Å²) >= 11 is 4.86. The predicted octanol–water partition coefficient (Wildman–Crippen LogP) is 2.54. The fourth-order valence-corrected chi connectivity index (χ4v) is 2.03. The Morgan fingerprint density at radius 3 is 2.43 bits per heavy atom. The molecule has 21 heavy (non-hydrogen) atoms. The van der Waals surface area contributed by atoms with Crippen LogP contribution < -0.4 is 10.5 Å². The van der Waals surface area contributed by atoms with Gasteiger partial charge in [0, 0.05) is 19.5 Å². The normalized spacial score (nSPS) is 10.2. The lowest BCUT2D eigenvalue weighted by atomic mass is 10.2. The molecule has 5 heteroatoms. The summed E-state index contributed by atoms with van der Waals surface area (Å²) < 4.78 is 5.55. The number of amides is 1. The maximum absolute atomic E-state index is 12.2. The van der Waals surface area contributed by atoms with Crippen LogP contribution in [0.25, 0.3) is 0 Å². The quantitative estimate of drug-likeness (QED) is 0.712. The molecule has 0 unspecified atom stereocenters. The summed E-state index contributed by atoms with van der Waals surface area (Å²) in [5, 5.41) is 0. The van der Waals surface area contributed by atoms with Gasteiger partial charge in [-0.1, -0.05) is 38.2 Å². The molecule has 0 fully saturated rings. The van der Waals surface area contributed by atoms with Crippen LogP contribution >= 0.6 is 12.2 Å². The van der Waals surface area contributed by atoms with Crippen molar-refractivity contribution in [2.24, 2.45) is 5.73 Å². The predicted molar refractivity (Wildman–Crippen MR) is 89.6 cm³/mol. The van der Waals surface area contributed by atoms with Crippen molar-refractivity contribution in [1.29, 1.82) is 0 Å². The fourth-order valence-electron chi connectivity index (χ4n) is 1.93. The molecule has 4 nitrogen and oxygen atoms in total. The number of carbonyl (C=O) groups excluding carboxylic acids is 1. The van der Waals surface area contributed by atoms with Gasteiger partial charge in [0.15, 0.2) is 6.61 Å².